The second-order valence-electron chi connectivity index (χ2n) is 5.17. The third-order valence-electron chi connectivity index (χ3n) is 3.80. The number of rotatable bonds is 3. The van der Waals surface area contributed by atoms with Crippen molar-refractivity contribution in [2.75, 3.05) is 0 Å². The molecule has 3 rings (SSSR count). The minimum atomic E-state index is -0.256. The molecule has 2 nitrogen and oxygen atoms in total. The van der Waals surface area contributed by atoms with E-state index in [9.17, 15) is 4.39 Å². The van der Waals surface area contributed by atoms with Crippen LogP contribution in [0.3, 0.4) is 0 Å². The molecule has 0 radical (unpaired) electrons. The summed E-state index contributed by atoms with van der Waals surface area (Å²) in [5.41, 5.74) is 4.02. The number of hydrogen-bond acceptors (Lipinski definition) is 1. The van der Waals surface area contributed by atoms with Crippen LogP contribution in [0.15, 0.2) is 48.8 Å². The molecule has 0 N–H and O–H groups in total. The molecule has 2 heterocycles. The lowest BCUT2D eigenvalue weighted by atomic mass is 9.97. The van der Waals surface area contributed by atoms with E-state index in [1.165, 1.54) is 17.8 Å². The van der Waals surface area contributed by atoms with Gasteiger partial charge < -0.3 is 4.40 Å². The standard InChI is InChI=1S/C17H17FN2/c1-3-12(2)13-4-6-14(7-5-13)16-11-20-10-15(18)8-9-17(20)19-16/h4-12H,3H2,1-2H3. The Labute approximate surface area is 117 Å². The van der Waals surface area contributed by atoms with E-state index in [-0.39, 0.29) is 5.82 Å². The van der Waals surface area contributed by atoms with Crippen LogP contribution < -0.4 is 0 Å². The lowest BCUT2D eigenvalue weighted by Gasteiger charge is -2.08. The first-order chi connectivity index (χ1) is 9.67. The summed E-state index contributed by atoms with van der Waals surface area (Å²) in [4.78, 5) is 4.52. The van der Waals surface area contributed by atoms with Crippen molar-refractivity contribution < 1.29 is 4.39 Å². The molecular weight excluding hydrogens is 251 g/mol. The number of imidazole rings is 1. The van der Waals surface area contributed by atoms with Crippen molar-refractivity contribution in [3.8, 4) is 11.3 Å². The molecule has 0 amide bonds. The average molecular weight is 268 g/mol. The van der Waals surface area contributed by atoms with Crippen molar-refractivity contribution in [3.05, 3.63) is 60.2 Å². The monoisotopic (exact) mass is 268 g/mol. The summed E-state index contributed by atoms with van der Waals surface area (Å²) in [5, 5.41) is 0. The van der Waals surface area contributed by atoms with Gasteiger partial charge in [-0.05, 0) is 30.0 Å². The van der Waals surface area contributed by atoms with Crippen molar-refractivity contribution >= 4 is 5.65 Å². The van der Waals surface area contributed by atoms with Gasteiger partial charge in [-0.1, -0.05) is 38.1 Å². The van der Waals surface area contributed by atoms with Crippen LogP contribution in [0.4, 0.5) is 4.39 Å². The highest BCUT2D eigenvalue weighted by molar-refractivity contribution is 5.63. The van der Waals surface area contributed by atoms with Crippen molar-refractivity contribution in [2.24, 2.45) is 0 Å². The fourth-order valence-corrected chi connectivity index (χ4v) is 2.32. The number of nitrogens with zero attached hydrogens (tertiary/aromatic N) is 2. The largest absolute Gasteiger partial charge is 0.304 e. The van der Waals surface area contributed by atoms with Crippen molar-refractivity contribution in [1.82, 2.24) is 9.38 Å². The molecule has 3 aromatic rings. The van der Waals surface area contributed by atoms with Crippen LogP contribution in [0.25, 0.3) is 16.9 Å². The number of hydrogen-bond donors (Lipinski definition) is 0. The summed E-state index contributed by atoms with van der Waals surface area (Å²) < 4.78 is 14.9. The van der Waals surface area contributed by atoms with E-state index in [1.807, 2.05) is 6.20 Å². The van der Waals surface area contributed by atoms with Gasteiger partial charge in [-0.3, -0.25) is 0 Å². The molecule has 0 aliphatic rings. The van der Waals surface area contributed by atoms with Gasteiger partial charge in [0.05, 0.1) is 5.69 Å². The van der Waals surface area contributed by atoms with Gasteiger partial charge in [-0.2, -0.15) is 0 Å². The highest BCUT2D eigenvalue weighted by Crippen LogP contribution is 2.24. The smallest absolute Gasteiger partial charge is 0.139 e. The second kappa shape index (κ2) is 5.08. The van der Waals surface area contributed by atoms with E-state index in [1.54, 1.807) is 10.5 Å². The van der Waals surface area contributed by atoms with Gasteiger partial charge in [0.25, 0.3) is 0 Å². The minimum Gasteiger partial charge on any atom is -0.304 e. The molecule has 0 bridgehead atoms. The van der Waals surface area contributed by atoms with E-state index >= 15 is 0 Å². The summed E-state index contributed by atoms with van der Waals surface area (Å²) in [7, 11) is 0. The first-order valence-electron chi connectivity index (χ1n) is 6.92. The Kier molecular flexibility index (Phi) is 3.26. The molecule has 0 fully saturated rings. The molecular formula is C17H17FN2. The molecule has 0 spiro atoms. The average Bonchev–Trinajstić information content (AvgIpc) is 2.89. The van der Waals surface area contributed by atoms with Crippen molar-refractivity contribution in [2.45, 2.75) is 26.2 Å². The molecule has 3 heteroatoms. The van der Waals surface area contributed by atoms with Crippen LogP contribution >= 0.6 is 0 Å². The quantitative estimate of drug-likeness (QED) is 0.675. The van der Waals surface area contributed by atoms with Gasteiger partial charge in [0.2, 0.25) is 0 Å². The van der Waals surface area contributed by atoms with E-state index < -0.39 is 0 Å². The van der Waals surface area contributed by atoms with Crippen LogP contribution in [0.5, 0.6) is 0 Å². The molecule has 1 atom stereocenters. The number of benzene rings is 1. The third kappa shape index (κ3) is 2.31. The third-order valence-corrected chi connectivity index (χ3v) is 3.80. The Balaban J connectivity index is 1.98. The first kappa shape index (κ1) is 12.9. The van der Waals surface area contributed by atoms with Crippen molar-refractivity contribution in [1.29, 1.82) is 0 Å². The number of aromatic nitrogens is 2. The van der Waals surface area contributed by atoms with Crippen LogP contribution in [-0.2, 0) is 0 Å². The van der Waals surface area contributed by atoms with Crippen LogP contribution in [0.1, 0.15) is 31.7 Å². The zero-order chi connectivity index (χ0) is 14.1. The van der Waals surface area contributed by atoms with Gasteiger partial charge in [0.1, 0.15) is 11.5 Å². The minimum absolute atomic E-state index is 0.256. The first-order valence-corrected chi connectivity index (χ1v) is 6.92. The van der Waals surface area contributed by atoms with Crippen LogP contribution in [-0.4, -0.2) is 9.38 Å². The fraction of sp³-hybridized carbons (Fsp3) is 0.235. The normalized spacial score (nSPS) is 12.8. The summed E-state index contributed by atoms with van der Waals surface area (Å²) in [6.07, 6.45) is 4.43. The highest BCUT2D eigenvalue weighted by Gasteiger charge is 2.07. The number of pyridine rings is 1. The Hall–Kier alpha value is -2.16. The number of fused-ring (bicyclic) bond motifs is 1. The SMILES string of the molecule is CCC(C)c1ccc(-c2cn3cc(F)ccc3n2)cc1. The Bertz CT molecular complexity index is 728. The molecule has 0 saturated heterocycles. The maximum atomic E-state index is 13.2. The van der Waals surface area contributed by atoms with Gasteiger partial charge in [-0.25, -0.2) is 9.37 Å². The molecule has 20 heavy (non-hydrogen) atoms. The highest BCUT2D eigenvalue weighted by atomic mass is 19.1. The maximum Gasteiger partial charge on any atom is 0.139 e. The zero-order valence-electron chi connectivity index (χ0n) is 11.7. The van der Waals surface area contributed by atoms with Crippen LogP contribution in [0, 0.1) is 5.82 Å². The van der Waals surface area contributed by atoms with E-state index in [4.69, 9.17) is 0 Å². The van der Waals surface area contributed by atoms with E-state index in [0.29, 0.717) is 5.92 Å². The van der Waals surface area contributed by atoms with E-state index in [0.717, 1.165) is 23.3 Å². The molecule has 0 aliphatic heterocycles. The molecule has 2 aromatic heterocycles. The molecule has 1 aromatic carbocycles. The summed E-state index contributed by atoms with van der Waals surface area (Å²) >= 11 is 0. The van der Waals surface area contributed by atoms with Gasteiger partial charge in [0.15, 0.2) is 0 Å². The Morgan fingerprint density at radius 1 is 1.10 bits per heavy atom. The Morgan fingerprint density at radius 2 is 1.85 bits per heavy atom. The van der Waals surface area contributed by atoms with Crippen LogP contribution in [0.2, 0.25) is 0 Å². The summed E-state index contributed by atoms with van der Waals surface area (Å²) in [6, 6.07) is 11.6. The fourth-order valence-electron chi connectivity index (χ4n) is 2.32. The second-order valence-corrected chi connectivity index (χ2v) is 5.17. The predicted molar refractivity (Wildman–Crippen MR) is 79.3 cm³/mol. The molecule has 0 saturated carbocycles. The Morgan fingerprint density at radius 3 is 2.55 bits per heavy atom. The summed E-state index contributed by atoms with van der Waals surface area (Å²) in [5.74, 6) is 0.313. The van der Waals surface area contributed by atoms with Gasteiger partial charge in [-0.15, -0.1) is 0 Å². The molecule has 1 unspecified atom stereocenters. The lowest BCUT2D eigenvalue weighted by molar-refractivity contribution is 0.619. The molecule has 0 aliphatic carbocycles. The maximum absolute atomic E-state index is 13.2. The van der Waals surface area contributed by atoms with Crippen molar-refractivity contribution in [3.63, 3.8) is 0 Å². The van der Waals surface area contributed by atoms with E-state index in [2.05, 4.69) is 43.1 Å². The molecule has 102 valence electrons. The summed E-state index contributed by atoms with van der Waals surface area (Å²) in [6.45, 7) is 4.41. The predicted octanol–water partition coefficient (Wildman–Crippen LogP) is 4.65. The van der Waals surface area contributed by atoms with Gasteiger partial charge >= 0.3 is 0 Å². The number of halogens is 1. The topological polar surface area (TPSA) is 17.3 Å². The van der Waals surface area contributed by atoms with Gasteiger partial charge in [0, 0.05) is 18.0 Å². The zero-order valence-corrected chi connectivity index (χ0v) is 11.7. The lowest BCUT2D eigenvalue weighted by Crippen LogP contribution is -1.90.